The number of nitrogens with one attached hydrogen (secondary N) is 1. The van der Waals surface area contributed by atoms with Gasteiger partial charge in [-0.2, -0.15) is 5.26 Å². The molecule has 5 heteroatoms. The summed E-state index contributed by atoms with van der Waals surface area (Å²) < 4.78 is 0. The van der Waals surface area contributed by atoms with Gasteiger partial charge >= 0.3 is 0 Å². The molecule has 0 saturated carbocycles. The fraction of sp³-hybridized carbons (Fsp3) is 0.0588. The van der Waals surface area contributed by atoms with Gasteiger partial charge in [0, 0.05) is 30.7 Å². The molecular weight excluding hydrogens is 278 g/mol. The van der Waals surface area contributed by atoms with Crippen molar-refractivity contribution in [3.8, 4) is 11.8 Å². The summed E-state index contributed by atoms with van der Waals surface area (Å²) in [5.41, 5.74) is 1.25. The lowest BCUT2D eigenvalue weighted by atomic mass is 10.2. The predicted molar refractivity (Wildman–Crippen MR) is 85.3 cm³/mol. The van der Waals surface area contributed by atoms with Crippen LogP contribution in [0.25, 0.3) is 0 Å². The number of carbonyl (C=O) groups is 1. The maximum atomic E-state index is 12.1. The van der Waals surface area contributed by atoms with E-state index in [0.29, 0.717) is 5.69 Å². The summed E-state index contributed by atoms with van der Waals surface area (Å²) in [5.74, 6) is -0.488. The van der Waals surface area contributed by atoms with Crippen LogP contribution in [-0.4, -0.2) is 18.1 Å². The number of anilines is 2. The van der Waals surface area contributed by atoms with E-state index in [1.54, 1.807) is 24.1 Å². The highest BCUT2D eigenvalue weighted by Gasteiger charge is 2.11. The molecular formula is C17H15N3O2. The van der Waals surface area contributed by atoms with Crippen molar-refractivity contribution in [2.24, 2.45) is 0 Å². The standard InChI is InChI=1S/C17H15N3O2/c1-20(15-7-3-2-4-8-15)12-13(11-18)17(22)19-14-6-5-9-16(21)10-14/h2-10,12,21H,1H3,(H,19,22)/b13-12-. The van der Waals surface area contributed by atoms with Crippen LogP contribution in [0.4, 0.5) is 11.4 Å². The number of amides is 1. The first-order valence-corrected chi connectivity index (χ1v) is 6.60. The molecule has 5 nitrogen and oxygen atoms in total. The van der Waals surface area contributed by atoms with Crippen LogP contribution in [0.1, 0.15) is 0 Å². The molecule has 0 fully saturated rings. The van der Waals surface area contributed by atoms with Crippen LogP contribution in [0.3, 0.4) is 0 Å². The number of para-hydroxylation sites is 1. The molecule has 0 atom stereocenters. The average Bonchev–Trinajstić information content (AvgIpc) is 2.53. The number of carbonyl (C=O) groups excluding carboxylic acids is 1. The Kier molecular flexibility index (Phi) is 4.78. The molecule has 2 N–H and O–H groups in total. The Morgan fingerprint density at radius 2 is 1.95 bits per heavy atom. The largest absolute Gasteiger partial charge is 0.508 e. The summed E-state index contributed by atoms with van der Waals surface area (Å²) >= 11 is 0. The molecule has 0 radical (unpaired) electrons. The van der Waals surface area contributed by atoms with E-state index in [9.17, 15) is 9.90 Å². The van der Waals surface area contributed by atoms with Crippen LogP contribution >= 0.6 is 0 Å². The van der Waals surface area contributed by atoms with Crippen molar-refractivity contribution in [2.75, 3.05) is 17.3 Å². The van der Waals surface area contributed by atoms with Crippen LogP contribution in [0.5, 0.6) is 5.75 Å². The Morgan fingerprint density at radius 3 is 2.59 bits per heavy atom. The van der Waals surface area contributed by atoms with Gasteiger partial charge in [-0.1, -0.05) is 24.3 Å². The van der Waals surface area contributed by atoms with Gasteiger partial charge in [0.25, 0.3) is 5.91 Å². The van der Waals surface area contributed by atoms with Gasteiger partial charge in [0.05, 0.1) is 0 Å². The topological polar surface area (TPSA) is 76.4 Å². The zero-order valence-corrected chi connectivity index (χ0v) is 12.0. The van der Waals surface area contributed by atoms with Gasteiger partial charge in [0.2, 0.25) is 0 Å². The van der Waals surface area contributed by atoms with Crippen LogP contribution in [0.15, 0.2) is 66.4 Å². The van der Waals surface area contributed by atoms with E-state index in [1.807, 2.05) is 36.4 Å². The van der Waals surface area contributed by atoms with E-state index in [1.165, 1.54) is 18.3 Å². The number of nitrogens with zero attached hydrogens (tertiary/aromatic N) is 2. The maximum absolute atomic E-state index is 12.1. The molecule has 0 heterocycles. The van der Waals surface area contributed by atoms with Crippen LogP contribution in [0, 0.1) is 11.3 Å². The van der Waals surface area contributed by atoms with Gasteiger partial charge in [0.1, 0.15) is 17.4 Å². The third-order valence-corrected chi connectivity index (χ3v) is 2.96. The van der Waals surface area contributed by atoms with Crippen molar-refractivity contribution in [3.05, 3.63) is 66.4 Å². The monoisotopic (exact) mass is 293 g/mol. The highest BCUT2D eigenvalue weighted by atomic mass is 16.3. The SMILES string of the molecule is CN(/C=C(/C#N)C(=O)Nc1cccc(O)c1)c1ccccc1. The molecule has 22 heavy (non-hydrogen) atoms. The zero-order valence-electron chi connectivity index (χ0n) is 12.0. The van der Waals surface area contributed by atoms with Crippen LogP contribution < -0.4 is 10.2 Å². The summed E-state index contributed by atoms with van der Waals surface area (Å²) in [6.07, 6.45) is 1.47. The number of aromatic hydroxyl groups is 1. The number of nitriles is 1. The minimum absolute atomic E-state index is 0.0327. The highest BCUT2D eigenvalue weighted by Crippen LogP contribution is 2.17. The Balaban J connectivity index is 2.15. The van der Waals surface area contributed by atoms with E-state index < -0.39 is 5.91 Å². The molecule has 110 valence electrons. The second-order valence-corrected chi connectivity index (χ2v) is 4.61. The summed E-state index contributed by atoms with van der Waals surface area (Å²) in [5, 5.41) is 21.1. The van der Waals surface area contributed by atoms with Crippen molar-refractivity contribution >= 4 is 17.3 Å². The Morgan fingerprint density at radius 1 is 1.23 bits per heavy atom. The number of hydrogen-bond acceptors (Lipinski definition) is 4. The van der Waals surface area contributed by atoms with Gasteiger partial charge in [0.15, 0.2) is 0 Å². The molecule has 0 aliphatic rings. The highest BCUT2D eigenvalue weighted by molar-refractivity contribution is 6.06. The number of hydrogen-bond donors (Lipinski definition) is 2. The molecule has 2 aromatic carbocycles. The van der Waals surface area contributed by atoms with Crippen molar-refractivity contribution in [3.63, 3.8) is 0 Å². The van der Waals surface area contributed by atoms with E-state index >= 15 is 0 Å². The lowest BCUT2D eigenvalue weighted by molar-refractivity contribution is -0.112. The molecule has 1 amide bonds. The molecule has 2 aromatic rings. The fourth-order valence-corrected chi connectivity index (χ4v) is 1.85. The van der Waals surface area contributed by atoms with E-state index in [4.69, 9.17) is 5.26 Å². The number of rotatable bonds is 4. The van der Waals surface area contributed by atoms with Gasteiger partial charge < -0.3 is 15.3 Å². The summed E-state index contributed by atoms with van der Waals surface area (Å²) in [6, 6.07) is 17.4. The van der Waals surface area contributed by atoms with E-state index in [0.717, 1.165) is 5.69 Å². The molecule has 0 unspecified atom stereocenters. The zero-order chi connectivity index (χ0) is 15.9. The third-order valence-electron chi connectivity index (χ3n) is 2.96. The number of benzene rings is 2. The smallest absolute Gasteiger partial charge is 0.267 e. The van der Waals surface area contributed by atoms with Gasteiger partial charge in [-0.15, -0.1) is 0 Å². The lowest BCUT2D eigenvalue weighted by Crippen LogP contribution is -2.17. The van der Waals surface area contributed by atoms with Gasteiger partial charge in [-0.05, 0) is 24.3 Å². The Bertz CT molecular complexity index is 733. The summed E-state index contributed by atoms with van der Waals surface area (Å²) in [6.45, 7) is 0. The predicted octanol–water partition coefficient (Wildman–Crippen LogP) is 2.87. The number of phenols is 1. The number of phenolic OH excluding ortho intramolecular Hbond substituents is 1. The molecule has 0 aliphatic carbocycles. The summed E-state index contributed by atoms with van der Waals surface area (Å²) in [4.78, 5) is 13.8. The lowest BCUT2D eigenvalue weighted by Gasteiger charge is -2.14. The first-order chi connectivity index (χ1) is 10.6. The van der Waals surface area contributed by atoms with E-state index in [2.05, 4.69) is 5.32 Å². The average molecular weight is 293 g/mol. The molecule has 0 aromatic heterocycles. The Labute approximate surface area is 128 Å². The quantitative estimate of drug-likeness (QED) is 0.671. The first-order valence-electron chi connectivity index (χ1n) is 6.60. The normalized spacial score (nSPS) is 10.6. The molecule has 0 saturated heterocycles. The molecule has 0 bridgehead atoms. The Hall–Kier alpha value is -3.26. The van der Waals surface area contributed by atoms with Crippen LogP contribution in [-0.2, 0) is 4.79 Å². The van der Waals surface area contributed by atoms with Gasteiger partial charge in [-0.3, -0.25) is 4.79 Å². The molecule has 0 spiro atoms. The molecule has 2 rings (SSSR count). The fourth-order valence-electron chi connectivity index (χ4n) is 1.85. The summed E-state index contributed by atoms with van der Waals surface area (Å²) in [7, 11) is 1.76. The molecule has 0 aliphatic heterocycles. The van der Waals surface area contributed by atoms with Gasteiger partial charge in [-0.25, -0.2) is 0 Å². The first kappa shape index (κ1) is 15.1. The maximum Gasteiger partial charge on any atom is 0.267 e. The third kappa shape index (κ3) is 3.87. The van der Waals surface area contributed by atoms with Crippen molar-refractivity contribution in [1.82, 2.24) is 0 Å². The minimum atomic E-state index is -0.532. The van der Waals surface area contributed by atoms with Crippen molar-refractivity contribution in [1.29, 1.82) is 5.26 Å². The van der Waals surface area contributed by atoms with E-state index in [-0.39, 0.29) is 11.3 Å². The minimum Gasteiger partial charge on any atom is -0.508 e. The van der Waals surface area contributed by atoms with Crippen molar-refractivity contribution in [2.45, 2.75) is 0 Å². The second-order valence-electron chi connectivity index (χ2n) is 4.61. The second kappa shape index (κ2) is 6.95. The van der Waals surface area contributed by atoms with Crippen LogP contribution in [0.2, 0.25) is 0 Å². The van der Waals surface area contributed by atoms with Crippen molar-refractivity contribution < 1.29 is 9.90 Å².